The molecule has 4 rings (SSSR count). The number of aromatic amines is 2. The molecule has 1 amide bonds. The number of amides is 1. The van der Waals surface area contributed by atoms with Gasteiger partial charge in [0.2, 0.25) is 0 Å². The highest BCUT2D eigenvalue weighted by Gasteiger charge is 2.17. The first-order chi connectivity index (χ1) is 14.0. The highest BCUT2D eigenvalue weighted by Crippen LogP contribution is 2.26. The van der Waals surface area contributed by atoms with Crippen molar-refractivity contribution in [3.05, 3.63) is 48.0 Å². The number of benzene rings is 2. The van der Waals surface area contributed by atoms with E-state index in [-0.39, 0.29) is 24.3 Å². The summed E-state index contributed by atoms with van der Waals surface area (Å²) in [6.45, 7) is 3.84. The number of nitrogens with zero attached hydrogens (tertiary/aromatic N) is 2. The molecule has 0 fully saturated rings. The van der Waals surface area contributed by atoms with Gasteiger partial charge in [-0.2, -0.15) is 5.10 Å². The third-order valence-electron chi connectivity index (χ3n) is 4.59. The van der Waals surface area contributed by atoms with Crippen molar-refractivity contribution in [2.45, 2.75) is 26.3 Å². The highest BCUT2D eigenvalue weighted by atomic mass is 16.5. The van der Waals surface area contributed by atoms with E-state index < -0.39 is 0 Å². The van der Waals surface area contributed by atoms with Crippen LogP contribution in [0.5, 0.6) is 0 Å². The Morgan fingerprint density at radius 2 is 2.00 bits per heavy atom. The minimum atomic E-state index is -0.334. The summed E-state index contributed by atoms with van der Waals surface area (Å²) in [5, 5.41) is 11.0. The van der Waals surface area contributed by atoms with Crippen molar-refractivity contribution in [1.82, 2.24) is 25.5 Å². The molecule has 0 saturated heterocycles. The number of hydrogen-bond acceptors (Lipinski definition) is 5. The zero-order valence-corrected chi connectivity index (χ0v) is 16.2. The van der Waals surface area contributed by atoms with E-state index in [4.69, 9.17) is 4.74 Å². The van der Waals surface area contributed by atoms with Crippen molar-refractivity contribution < 1.29 is 14.3 Å². The van der Waals surface area contributed by atoms with Gasteiger partial charge in [-0.25, -0.2) is 4.98 Å². The van der Waals surface area contributed by atoms with Gasteiger partial charge in [-0.1, -0.05) is 12.1 Å². The smallest absolute Gasteiger partial charge is 0.307 e. The molecule has 0 radical (unpaired) electrons. The molecular formula is C21H21N5O3. The van der Waals surface area contributed by atoms with Crippen LogP contribution >= 0.6 is 0 Å². The number of fused-ring (bicyclic) bond motifs is 2. The molecule has 29 heavy (non-hydrogen) atoms. The molecule has 0 bridgehead atoms. The lowest BCUT2D eigenvalue weighted by atomic mass is 10.1. The molecule has 1 unspecified atom stereocenters. The van der Waals surface area contributed by atoms with Gasteiger partial charge in [0.25, 0.3) is 5.91 Å². The molecule has 0 aliphatic heterocycles. The molecule has 0 aliphatic rings. The van der Waals surface area contributed by atoms with Crippen LogP contribution in [0.2, 0.25) is 0 Å². The largest absolute Gasteiger partial charge is 0.466 e. The average Bonchev–Trinajstić information content (AvgIpc) is 3.31. The standard InChI is InChI=1S/C21H21N5O3/c1-3-29-18(27)10-12(2)22-21(28)13-8-9-14-17(11-13)25-26-19(14)20-23-15-6-4-5-7-16(15)24-20/h4-9,11-12H,3,10H2,1-2H3,(H,22,28)(H,23,24)(H,25,26). The number of aromatic nitrogens is 4. The van der Waals surface area contributed by atoms with Crippen molar-refractivity contribution in [2.24, 2.45) is 0 Å². The van der Waals surface area contributed by atoms with E-state index in [0.29, 0.717) is 23.7 Å². The Balaban J connectivity index is 1.54. The summed E-state index contributed by atoms with van der Waals surface area (Å²) < 4.78 is 4.91. The first-order valence-corrected chi connectivity index (χ1v) is 9.45. The number of rotatable bonds is 6. The minimum absolute atomic E-state index is 0.127. The van der Waals surface area contributed by atoms with Gasteiger partial charge in [-0.05, 0) is 44.2 Å². The van der Waals surface area contributed by atoms with Crippen LogP contribution in [0, 0.1) is 0 Å². The van der Waals surface area contributed by atoms with Crippen LogP contribution in [0.1, 0.15) is 30.6 Å². The Bertz CT molecular complexity index is 1160. The number of carbonyl (C=O) groups excluding carboxylic acids is 2. The SMILES string of the molecule is CCOC(=O)CC(C)NC(=O)c1ccc2c(-c3nc4ccccc4[nH]3)n[nH]c2c1. The quantitative estimate of drug-likeness (QED) is 0.437. The third-order valence-corrected chi connectivity index (χ3v) is 4.59. The molecule has 3 N–H and O–H groups in total. The van der Waals surface area contributed by atoms with Crippen LogP contribution in [-0.2, 0) is 9.53 Å². The molecule has 2 aromatic heterocycles. The number of hydrogen-bond donors (Lipinski definition) is 3. The predicted molar refractivity (Wildman–Crippen MR) is 109 cm³/mol. The Hall–Kier alpha value is -3.68. The summed E-state index contributed by atoms with van der Waals surface area (Å²) in [5.74, 6) is 0.0705. The fourth-order valence-corrected chi connectivity index (χ4v) is 3.23. The van der Waals surface area contributed by atoms with E-state index >= 15 is 0 Å². The van der Waals surface area contributed by atoms with Gasteiger partial charge in [0.1, 0.15) is 5.69 Å². The Labute approximate surface area is 166 Å². The lowest BCUT2D eigenvalue weighted by Crippen LogP contribution is -2.34. The molecule has 2 aromatic carbocycles. The molecule has 4 aromatic rings. The first kappa shape index (κ1) is 18.7. The second kappa shape index (κ2) is 7.75. The summed E-state index contributed by atoms with van der Waals surface area (Å²) in [7, 11) is 0. The molecule has 8 heteroatoms. The Morgan fingerprint density at radius 1 is 1.17 bits per heavy atom. The van der Waals surface area contributed by atoms with Crippen molar-refractivity contribution in [3.63, 3.8) is 0 Å². The lowest BCUT2D eigenvalue weighted by molar-refractivity contribution is -0.143. The fourth-order valence-electron chi connectivity index (χ4n) is 3.23. The highest BCUT2D eigenvalue weighted by molar-refractivity contribution is 6.01. The van der Waals surface area contributed by atoms with E-state index in [1.165, 1.54) is 0 Å². The molecule has 0 saturated carbocycles. The minimum Gasteiger partial charge on any atom is -0.466 e. The van der Waals surface area contributed by atoms with Gasteiger partial charge < -0.3 is 15.0 Å². The normalized spacial score (nSPS) is 12.2. The number of imidazole rings is 1. The molecule has 0 aliphatic carbocycles. The van der Waals surface area contributed by atoms with Crippen molar-refractivity contribution in [2.75, 3.05) is 6.61 Å². The van der Waals surface area contributed by atoms with Gasteiger partial charge in [-0.3, -0.25) is 14.7 Å². The maximum absolute atomic E-state index is 12.5. The van der Waals surface area contributed by atoms with Gasteiger partial charge in [0.15, 0.2) is 5.82 Å². The summed E-state index contributed by atoms with van der Waals surface area (Å²) in [6.07, 6.45) is 0.127. The van der Waals surface area contributed by atoms with Gasteiger partial charge in [0.05, 0.1) is 29.6 Å². The Kier molecular flexibility index (Phi) is 4.99. The molecular weight excluding hydrogens is 370 g/mol. The number of nitrogens with one attached hydrogen (secondary N) is 3. The maximum Gasteiger partial charge on any atom is 0.307 e. The van der Waals surface area contributed by atoms with E-state index in [9.17, 15) is 9.59 Å². The number of ether oxygens (including phenoxy) is 1. The van der Waals surface area contributed by atoms with Crippen LogP contribution in [0.4, 0.5) is 0 Å². The van der Waals surface area contributed by atoms with Crippen LogP contribution in [0.25, 0.3) is 33.5 Å². The molecule has 2 heterocycles. The fraction of sp³-hybridized carbons (Fsp3) is 0.238. The van der Waals surface area contributed by atoms with E-state index in [1.807, 2.05) is 30.3 Å². The summed E-state index contributed by atoms with van der Waals surface area (Å²) in [6, 6.07) is 12.8. The second-order valence-corrected chi connectivity index (χ2v) is 6.82. The predicted octanol–water partition coefficient (Wildman–Crippen LogP) is 3.18. The lowest BCUT2D eigenvalue weighted by Gasteiger charge is -2.13. The second-order valence-electron chi connectivity index (χ2n) is 6.82. The zero-order chi connectivity index (χ0) is 20.4. The number of para-hydroxylation sites is 2. The zero-order valence-electron chi connectivity index (χ0n) is 16.2. The van der Waals surface area contributed by atoms with Crippen LogP contribution in [0.15, 0.2) is 42.5 Å². The van der Waals surface area contributed by atoms with E-state index in [2.05, 4.69) is 25.5 Å². The van der Waals surface area contributed by atoms with Crippen molar-refractivity contribution >= 4 is 33.8 Å². The van der Waals surface area contributed by atoms with E-state index in [0.717, 1.165) is 21.9 Å². The van der Waals surface area contributed by atoms with Crippen LogP contribution in [-0.4, -0.2) is 44.7 Å². The molecule has 0 spiro atoms. The van der Waals surface area contributed by atoms with Gasteiger partial charge >= 0.3 is 5.97 Å². The number of esters is 1. The Morgan fingerprint density at radius 3 is 2.79 bits per heavy atom. The topological polar surface area (TPSA) is 113 Å². The van der Waals surface area contributed by atoms with Crippen molar-refractivity contribution in [3.8, 4) is 11.5 Å². The molecule has 8 nitrogen and oxygen atoms in total. The third kappa shape index (κ3) is 3.82. The maximum atomic E-state index is 12.5. The summed E-state index contributed by atoms with van der Waals surface area (Å²) in [4.78, 5) is 31.9. The van der Waals surface area contributed by atoms with Crippen LogP contribution < -0.4 is 5.32 Å². The summed E-state index contributed by atoms with van der Waals surface area (Å²) >= 11 is 0. The van der Waals surface area contributed by atoms with E-state index in [1.54, 1.807) is 26.0 Å². The van der Waals surface area contributed by atoms with Gasteiger partial charge in [0, 0.05) is 17.0 Å². The van der Waals surface area contributed by atoms with Crippen molar-refractivity contribution in [1.29, 1.82) is 0 Å². The van der Waals surface area contributed by atoms with Crippen LogP contribution in [0.3, 0.4) is 0 Å². The molecule has 148 valence electrons. The first-order valence-electron chi connectivity index (χ1n) is 9.45. The van der Waals surface area contributed by atoms with Gasteiger partial charge in [-0.15, -0.1) is 0 Å². The average molecular weight is 391 g/mol. The number of carbonyl (C=O) groups is 2. The monoisotopic (exact) mass is 391 g/mol. The molecule has 1 atom stereocenters. The number of H-pyrrole nitrogens is 2. The summed E-state index contributed by atoms with van der Waals surface area (Å²) in [5.41, 5.74) is 3.70.